The molecule has 1 atom stereocenters. The van der Waals surface area contributed by atoms with Gasteiger partial charge in [-0.05, 0) is 49.4 Å². The lowest BCUT2D eigenvalue weighted by molar-refractivity contribution is -0.141. The molecule has 0 spiro atoms. The predicted octanol–water partition coefficient (Wildman–Crippen LogP) is 5.28. The van der Waals surface area contributed by atoms with Gasteiger partial charge in [-0.3, -0.25) is 13.9 Å². The van der Waals surface area contributed by atoms with Gasteiger partial charge in [-0.25, -0.2) is 12.8 Å². The van der Waals surface area contributed by atoms with E-state index in [1.54, 1.807) is 18.2 Å². The van der Waals surface area contributed by atoms with Crippen LogP contribution in [0.2, 0.25) is 5.02 Å². The SMILES string of the molecule is CCC(C(=O)NC1CCCCC1)N(Cc1ccccc1Cl)C(=O)CCCN(c1ccccc1F)S(C)(=O)=O. The smallest absolute Gasteiger partial charge is 0.243 e. The number of carbonyl (C=O) groups is 2. The van der Waals surface area contributed by atoms with Crippen molar-refractivity contribution in [2.75, 3.05) is 17.1 Å². The van der Waals surface area contributed by atoms with Gasteiger partial charge >= 0.3 is 0 Å². The van der Waals surface area contributed by atoms with E-state index in [1.165, 1.54) is 23.1 Å². The number of benzene rings is 2. The number of sulfonamides is 1. The van der Waals surface area contributed by atoms with Crippen molar-refractivity contribution in [1.82, 2.24) is 10.2 Å². The van der Waals surface area contributed by atoms with Gasteiger partial charge in [0.05, 0.1) is 11.9 Å². The fourth-order valence-electron chi connectivity index (χ4n) is 4.91. The Morgan fingerprint density at radius 3 is 2.37 bits per heavy atom. The van der Waals surface area contributed by atoms with Crippen LogP contribution in [-0.2, 0) is 26.2 Å². The number of rotatable bonds is 12. The second-order valence-corrected chi connectivity index (χ2v) is 12.1. The first-order valence-corrected chi connectivity index (χ1v) is 15.4. The molecular weight excluding hydrogens is 529 g/mol. The van der Waals surface area contributed by atoms with Crippen LogP contribution in [0.5, 0.6) is 0 Å². The summed E-state index contributed by atoms with van der Waals surface area (Å²) in [6.45, 7) is 1.94. The monoisotopic (exact) mass is 565 g/mol. The maximum absolute atomic E-state index is 14.4. The van der Waals surface area contributed by atoms with Crippen molar-refractivity contribution in [1.29, 1.82) is 0 Å². The van der Waals surface area contributed by atoms with Crippen LogP contribution in [0.25, 0.3) is 0 Å². The van der Waals surface area contributed by atoms with Gasteiger partial charge in [0.1, 0.15) is 11.9 Å². The Hall–Kier alpha value is -2.65. The van der Waals surface area contributed by atoms with Gasteiger partial charge in [0.15, 0.2) is 0 Å². The van der Waals surface area contributed by atoms with Crippen LogP contribution < -0.4 is 9.62 Å². The molecule has 0 saturated heterocycles. The average molecular weight is 566 g/mol. The van der Waals surface area contributed by atoms with Crippen molar-refractivity contribution < 1.29 is 22.4 Å². The number of amides is 2. The lowest BCUT2D eigenvalue weighted by Gasteiger charge is -2.33. The van der Waals surface area contributed by atoms with Crippen LogP contribution in [0.1, 0.15) is 63.9 Å². The molecule has 38 heavy (non-hydrogen) atoms. The van der Waals surface area contributed by atoms with Crippen molar-refractivity contribution in [3.63, 3.8) is 0 Å². The first-order chi connectivity index (χ1) is 18.1. The number of carbonyl (C=O) groups excluding carboxylic acids is 2. The van der Waals surface area contributed by atoms with Crippen LogP contribution in [0.4, 0.5) is 10.1 Å². The van der Waals surface area contributed by atoms with Crippen LogP contribution >= 0.6 is 11.6 Å². The van der Waals surface area contributed by atoms with Gasteiger partial charge in [0, 0.05) is 30.6 Å². The normalized spacial score (nSPS) is 15.1. The first-order valence-electron chi connectivity index (χ1n) is 13.2. The van der Waals surface area contributed by atoms with Gasteiger partial charge in [-0.2, -0.15) is 0 Å². The summed E-state index contributed by atoms with van der Waals surface area (Å²) in [6, 6.07) is 12.2. The minimum absolute atomic E-state index is 0.0157. The molecule has 1 unspecified atom stereocenters. The summed E-state index contributed by atoms with van der Waals surface area (Å²) in [6.07, 6.45) is 6.73. The van der Waals surface area contributed by atoms with Crippen molar-refractivity contribution in [3.05, 3.63) is 64.9 Å². The highest BCUT2D eigenvalue weighted by Gasteiger charge is 2.31. The molecular formula is C28H37ClFN3O4S. The zero-order chi connectivity index (χ0) is 27.7. The van der Waals surface area contributed by atoms with E-state index in [0.717, 1.165) is 48.2 Å². The van der Waals surface area contributed by atoms with Gasteiger partial charge in [0.2, 0.25) is 21.8 Å². The van der Waals surface area contributed by atoms with Crippen molar-refractivity contribution in [3.8, 4) is 0 Å². The van der Waals surface area contributed by atoms with E-state index in [-0.39, 0.29) is 49.5 Å². The third kappa shape index (κ3) is 8.17. The summed E-state index contributed by atoms with van der Waals surface area (Å²) in [4.78, 5) is 28.4. The predicted molar refractivity (Wildman–Crippen MR) is 149 cm³/mol. The molecule has 1 saturated carbocycles. The molecule has 10 heteroatoms. The average Bonchev–Trinajstić information content (AvgIpc) is 2.88. The highest BCUT2D eigenvalue weighted by molar-refractivity contribution is 7.92. The highest BCUT2D eigenvalue weighted by atomic mass is 35.5. The Labute approximate surface area is 230 Å². The summed E-state index contributed by atoms with van der Waals surface area (Å²) in [5.41, 5.74) is 0.657. The molecule has 2 amide bonds. The number of halogens is 2. The van der Waals surface area contributed by atoms with Gasteiger partial charge in [-0.1, -0.05) is 68.1 Å². The quantitative estimate of drug-likeness (QED) is 0.379. The number of nitrogens with one attached hydrogen (secondary N) is 1. The molecule has 0 aliphatic heterocycles. The molecule has 1 N–H and O–H groups in total. The van der Waals surface area contributed by atoms with E-state index < -0.39 is 21.9 Å². The second-order valence-electron chi connectivity index (χ2n) is 9.77. The Kier molecular flexibility index (Phi) is 11.0. The largest absolute Gasteiger partial charge is 0.352 e. The summed E-state index contributed by atoms with van der Waals surface area (Å²) >= 11 is 6.39. The molecule has 2 aromatic carbocycles. The van der Waals surface area contributed by atoms with E-state index in [2.05, 4.69) is 5.32 Å². The van der Waals surface area contributed by atoms with Crippen LogP contribution in [-0.4, -0.2) is 50.0 Å². The minimum Gasteiger partial charge on any atom is -0.352 e. The van der Waals surface area contributed by atoms with Crippen molar-refractivity contribution in [2.24, 2.45) is 0 Å². The molecule has 0 radical (unpaired) electrons. The molecule has 0 heterocycles. The van der Waals surface area contributed by atoms with Gasteiger partial charge in [-0.15, -0.1) is 0 Å². The highest BCUT2D eigenvalue weighted by Crippen LogP contribution is 2.24. The van der Waals surface area contributed by atoms with E-state index in [1.807, 2.05) is 19.1 Å². The molecule has 0 bridgehead atoms. The lowest BCUT2D eigenvalue weighted by Crippen LogP contribution is -2.51. The zero-order valence-corrected chi connectivity index (χ0v) is 23.6. The Bertz CT molecular complexity index is 1200. The van der Waals surface area contributed by atoms with Crippen molar-refractivity contribution in [2.45, 2.75) is 76.9 Å². The number of nitrogens with zero attached hydrogens (tertiary/aromatic N) is 2. The van der Waals surface area contributed by atoms with Gasteiger partial charge < -0.3 is 10.2 Å². The summed E-state index contributed by atoms with van der Waals surface area (Å²) < 4.78 is 40.1. The fraction of sp³-hybridized carbons (Fsp3) is 0.500. The molecule has 3 rings (SSSR count). The maximum atomic E-state index is 14.4. The molecule has 0 aromatic heterocycles. The van der Waals surface area contributed by atoms with Crippen LogP contribution in [0.3, 0.4) is 0 Å². The third-order valence-electron chi connectivity index (χ3n) is 6.91. The summed E-state index contributed by atoms with van der Waals surface area (Å²) in [7, 11) is -3.78. The Morgan fingerprint density at radius 1 is 1.08 bits per heavy atom. The van der Waals surface area contributed by atoms with Crippen LogP contribution in [0, 0.1) is 5.82 Å². The topological polar surface area (TPSA) is 86.8 Å². The minimum atomic E-state index is -3.78. The third-order valence-corrected chi connectivity index (χ3v) is 8.46. The number of para-hydroxylation sites is 1. The number of anilines is 1. The molecule has 1 aliphatic carbocycles. The molecule has 1 fully saturated rings. The molecule has 2 aromatic rings. The molecule has 1 aliphatic rings. The van der Waals surface area contributed by atoms with Crippen LogP contribution in [0.15, 0.2) is 48.5 Å². The second kappa shape index (κ2) is 13.9. The summed E-state index contributed by atoms with van der Waals surface area (Å²) in [5, 5.41) is 3.63. The lowest BCUT2D eigenvalue weighted by atomic mass is 9.95. The first kappa shape index (κ1) is 29.9. The van der Waals surface area contributed by atoms with E-state index in [9.17, 15) is 22.4 Å². The van der Waals surface area contributed by atoms with Crippen molar-refractivity contribution >= 4 is 39.1 Å². The zero-order valence-electron chi connectivity index (χ0n) is 22.0. The van der Waals surface area contributed by atoms with E-state index >= 15 is 0 Å². The summed E-state index contributed by atoms with van der Waals surface area (Å²) in [5.74, 6) is -1.14. The van der Waals surface area contributed by atoms with E-state index in [0.29, 0.717) is 11.4 Å². The Balaban J connectivity index is 1.77. The molecule has 7 nitrogen and oxygen atoms in total. The number of hydrogen-bond donors (Lipinski definition) is 1. The number of hydrogen-bond acceptors (Lipinski definition) is 4. The molecule has 208 valence electrons. The van der Waals surface area contributed by atoms with E-state index in [4.69, 9.17) is 11.6 Å². The van der Waals surface area contributed by atoms with Gasteiger partial charge in [0.25, 0.3) is 0 Å². The fourth-order valence-corrected chi connectivity index (χ4v) is 6.07. The standard InChI is InChI=1S/C28H37ClFN3O4S/c1-3-25(28(35)31-22-13-5-4-6-14-22)32(20-21-12-7-8-15-23(21)29)27(34)18-11-19-33(38(2,36)37)26-17-10-9-16-24(26)30/h7-10,12,15-17,22,25H,3-6,11,13-14,18-20H2,1-2H3,(H,31,35). The maximum Gasteiger partial charge on any atom is 0.243 e. The Morgan fingerprint density at radius 2 is 1.74 bits per heavy atom.